The Morgan fingerprint density at radius 2 is 2.06 bits per heavy atom. The van der Waals surface area contributed by atoms with Gasteiger partial charge in [0.25, 0.3) is 0 Å². The molecule has 1 heterocycles. The van der Waals surface area contributed by atoms with Gasteiger partial charge in [0.15, 0.2) is 0 Å². The van der Waals surface area contributed by atoms with Gasteiger partial charge in [-0.1, -0.05) is 11.6 Å². The molecule has 0 aliphatic rings. The molecule has 0 aliphatic carbocycles. The summed E-state index contributed by atoms with van der Waals surface area (Å²) in [5.41, 5.74) is 1.50. The Balaban J connectivity index is 2.31. The third kappa shape index (κ3) is 3.17. The number of aryl methyl sites for hydroxylation is 1. The predicted molar refractivity (Wildman–Crippen MR) is 71.4 cm³/mol. The van der Waals surface area contributed by atoms with Gasteiger partial charge in [-0.25, -0.2) is 9.37 Å². The number of hydrogen-bond acceptors (Lipinski definition) is 2. The van der Waals surface area contributed by atoms with E-state index in [4.69, 9.17) is 11.6 Å². The Labute approximate surface area is 112 Å². The maximum Gasteiger partial charge on any atom is 0.144 e. The minimum atomic E-state index is -0.280. The molecular formula is C12H9BrClFN2. The molecule has 1 N–H and O–H groups in total. The van der Waals surface area contributed by atoms with Crippen LogP contribution in [0.5, 0.6) is 0 Å². The molecule has 0 saturated heterocycles. The van der Waals surface area contributed by atoms with Crippen LogP contribution in [0.3, 0.4) is 0 Å². The van der Waals surface area contributed by atoms with Crippen LogP contribution in [0.4, 0.5) is 15.9 Å². The fraction of sp³-hybridized carbons (Fsp3) is 0.0833. The highest BCUT2D eigenvalue weighted by molar-refractivity contribution is 9.10. The molecule has 5 heteroatoms. The van der Waals surface area contributed by atoms with E-state index >= 15 is 0 Å². The van der Waals surface area contributed by atoms with Crippen molar-refractivity contribution < 1.29 is 4.39 Å². The van der Waals surface area contributed by atoms with Crippen LogP contribution in [0.1, 0.15) is 5.56 Å². The number of aromatic nitrogens is 1. The molecule has 0 fully saturated rings. The number of halogens is 3. The van der Waals surface area contributed by atoms with Gasteiger partial charge in [-0.3, -0.25) is 0 Å². The van der Waals surface area contributed by atoms with Crippen molar-refractivity contribution in [1.82, 2.24) is 4.98 Å². The van der Waals surface area contributed by atoms with Gasteiger partial charge < -0.3 is 5.32 Å². The highest BCUT2D eigenvalue weighted by atomic mass is 79.9. The maximum atomic E-state index is 13.2. The first-order valence-corrected chi connectivity index (χ1v) is 6.07. The number of nitrogens with zero attached hydrogens (tertiary/aromatic N) is 1. The molecule has 0 aliphatic heterocycles. The molecule has 2 rings (SSSR count). The van der Waals surface area contributed by atoms with Crippen LogP contribution >= 0.6 is 27.5 Å². The van der Waals surface area contributed by atoms with E-state index in [1.165, 1.54) is 18.3 Å². The van der Waals surface area contributed by atoms with E-state index in [0.29, 0.717) is 16.5 Å². The van der Waals surface area contributed by atoms with Crippen molar-refractivity contribution >= 4 is 39.0 Å². The monoisotopic (exact) mass is 314 g/mol. The summed E-state index contributed by atoms with van der Waals surface area (Å²) in [5.74, 6) is 0.317. The van der Waals surface area contributed by atoms with Crippen LogP contribution in [0, 0.1) is 12.7 Å². The van der Waals surface area contributed by atoms with Crippen LogP contribution < -0.4 is 5.32 Å². The van der Waals surface area contributed by atoms with Gasteiger partial charge >= 0.3 is 0 Å². The van der Waals surface area contributed by atoms with Crippen molar-refractivity contribution in [1.29, 1.82) is 0 Å². The largest absolute Gasteiger partial charge is 0.339 e. The topological polar surface area (TPSA) is 24.9 Å². The van der Waals surface area contributed by atoms with Crippen LogP contribution in [-0.2, 0) is 0 Å². The van der Waals surface area contributed by atoms with E-state index in [0.717, 1.165) is 10.0 Å². The second-order valence-electron chi connectivity index (χ2n) is 3.63. The lowest BCUT2D eigenvalue weighted by atomic mass is 10.2. The molecule has 1 aromatic heterocycles. The minimum absolute atomic E-state index is 0.280. The first-order valence-electron chi connectivity index (χ1n) is 4.90. The standard InChI is InChI=1S/C12H9BrClFN2/c1-7-2-9(15)5-10(3-7)17-12-11(13)4-8(14)6-16-12/h2-6H,1H3,(H,16,17). The van der Waals surface area contributed by atoms with E-state index in [2.05, 4.69) is 26.2 Å². The molecule has 0 amide bonds. The summed E-state index contributed by atoms with van der Waals surface area (Å²) >= 11 is 9.13. The molecular weight excluding hydrogens is 307 g/mol. The van der Waals surface area contributed by atoms with E-state index in [1.807, 2.05) is 13.0 Å². The molecule has 0 spiro atoms. The Morgan fingerprint density at radius 1 is 1.29 bits per heavy atom. The van der Waals surface area contributed by atoms with Crippen LogP contribution in [0.15, 0.2) is 34.9 Å². The van der Waals surface area contributed by atoms with Gasteiger partial charge in [-0.05, 0) is 52.7 Å². The number of rotatable bonds is 2. The number of anilines is 2. The molecule has 0 atom stereocenters. The second kappa shape index (κ2) is 5.02. The summed E-state index contributed by atoms with van der Waals surface area (Å²) in [6, 6.07) is 6.44. The lowest BCUT2D eigenvalue weighted by molar-refractivity contribution is 0.627. The molecule has 2 aromatic rings. The molecule has 2 nitrogen and oxygen atoms in total. The minimum Gasteiger partial charge on any atom is -0.339 e. The Kier molecular flexibility index (Phi) is 3.64. The molecule has 0 bridgehead atoms. The summed E-state index contributed by atoms with van der Waals surface area (Å²) in [6.45, 7) is 1.83. The SMILES string of the molecule is Cc1cc(F)cc(Nc2ncc(Cl)cc2Br)c1. The zero-order chi connectivity index (χ0) is 12.4. The highest BCUT2D eigenvalue weighted by Crippen LogP contribution is 2.26. The third-order valence-electron chi connectivity index (χ3n) is 2.11. The number of nitrogens with one attached hydrogen (secondary N) is 1. The molecule has 17 heavy (non-hydrogen) atoms. The van der Waals surface area contributed by atoms with Gasteiger partial charge in [0.05, 0.1) is 9.50 Å². The average molecular weight is 316 g/mol. The van der Waals surface area contributed by atoms with Crippen molar-refractivity contribution in [2.45, 2.75) is 6.92 Å². The quantitative estimate of drug-likeness (QED) is 0.869. The number of pyridine rings is 1. The lowest BCUT2D eigenvalue weighted by Crippen LogP contribution is -1.95. The fourth-order valence-corrected chi connectivity index (χ4v) is 2.19. The van der Waals surface area contributed by atoms with Crippen molar-refractivity contribution in [2.75, 3.05) is 5.32 Å². The molecule has 0 radical (unpaired) electrons. The predicted octanol–water partition coefficient (Wildman–Crippen LogP) is 4.69. The van der Waals surface area contributed by atoms with Gasteiger partial charge in [-0.2, -0.15) is 0 Å². The molecule has 0 saturated carbocycles. The van der Waals surface area contributed by atoms with Crippen molar-refractivity contribution in [3.05, 3.63) is 51.3 Å². The van der Waals surface area contributed by atoms with Crippen LogP contribution in [-0.4, -0.2) is 4.98 Å². The average Bonchev–Trinajstić information content (AvgIpc) is 2.21. The normalized spacial score (nSPS) is 10.4. The summed E-state index contributed by atoms with van der Waals surface area (Å²) < 4.78 is 13.9. The Bertz CT molecular complexity index is 540. The zero-order valence-corrected chi connectivity index (χ0v) is 11.3. The van der Waals surface area contributed by atoms with Gasteiger partial charge in [0.2, 0.25) is 0 Å². The summed E-state index contributed by atoms with van der Waals surface area (Å²) in [5, 5.41) is 3.56. The van der Waals surface area contributed by atoms with Gasteiger partial charge in [-0.15, -0.1) is 0 Å². The fourth-order valence-electron chi connectivity index (χ4n) is 1.45. The Morgan fingerprint density at radius 3 is 2.71 bits per heavy atom. The van der Waals surface area contributed by atoms with E-state index in [9.17, 15) is 4.39 Å². The first kappa shape index (κ1) is 12.3. The molecule has 88 valence electrons. The van der Waals surface area contributed by atoms with Gasteiger partial charge in [0.1, 0.15) is 11.6 Å². The number of benzene rings is 1. The second-order valence-corrected chi connectivity index (χ2v) is 4.92. The van der Waals surface area contributed by atoms with Crippen molar-refractivity contribution in [2.24, 2.45) is 0 Å². The summed E-state index contributed by atoms with van der Waals surface area (Å²) in [6.07, 6.45) is 1.53. The van der Waals surface area contributed by atoms with Crippen molar-refractivity contribution in [3.8, 4) is 0 Å². The molecule has 1 aromatic carbocycles. The van der Waals surface area contributed by atoms with E-state index in [1.54, 1.807) is 6.07 Å². The summed E-state index contributed by atoms with van der Waals surface area (Å²) in [7, 11) is 0. The lowest BCUT2D eigenvalue weighted by Gasteiger charge is -2.08. The van der Waals surface area contributed by atoms with E-state index < -0.39 is 0 Å². The van der Waals surface area contributed by atoms with Crippen LogP contribution in [0.2, 0.25) is 5.02 Å². The molecule has 0 unspecified atom stereocenters. The van der Waals surface area contributed by atoms with E-state index in [-0.39, 0.29) is 5.82 Å². The highest BCUT2D eigenvalue weighted by Gasteiger charge is 2.04. The number of hydrogen-bond donors (Lipinski definition) is 1. The maximum absolute atomic E-state index is 13.2. The van der Waals surface area contributed by atoms with Crippen LogP contribution in [0.25, 0.3) is 0 Å². The summed E-state index contributed by atoms with van der Waals surface area (Å²) in [4.78, 5) is 4.12. The third-order valence-corrected chi connectivity index (χ3v) is 2.92. The smallest absolute Gasteiger partial charge is 0.144 e. The van der Waals surface area contributed by atoms with Gasteiger partial charge in [0, 0.05) is 11.9 Å². The Hall–Kier alpha value is -1.13. The zero-order valence-electron chi connectivity index (χ0n) is 8.97. The first-order chi connectivity index (χ1) is 8.04. The van der Waals surface area contributed by atoms with Crippen molar-refractivity contribution in [3.63, 3.8) is 0 Å².